The minimum absolute atomic E-state index is 0.0501. The largest absolute Gasteiger partial charge is 0.416 e. The number of nitrogens with two attached hydrogens (primary N) is 1. The third-order valence-electron chi connectivity index (χ3n) is 6.79. The zero-order valence-corrected chi connectivity index (χ0v) is 21.4. The number of primary amides is 1. The standard InChI is InChI=1S/C24H29F6N3O4S/c1-14(16-9-17(23(25,26)27)11-18(10-16)24(28,29)30)37-12-20-19-6-4-3-5-15(19)7-8-22(13-32-20,21(31)34)33-38(2,35)36/h3-6,9-11,14-15,19-20,32-33H,7-8,12-13H2,1-2H3,(H2,31,34)/t14-,15?,19?,20-,22+/m1/s1. The van der Waals surface area contributed by atoms with E-state index in [4.69, 9.17) is 10.5 Å². The molecule has 0 saturated carbocycles. The molecule has 1 fully saturated rings. The fraction of sp³-hybridized carbons (Fsp3) is 0.542. The van der Waals surface area contributed by atoms with Gasteiger partial charge >= 0.3 is 12.4 Å². The molecular formula is C24H29F6N3O4S. The molecule has 4 N–H and O–H groups in total. The Balaban J connectivity index is 1.87. The van der Waals surface area contributed by atoms with E-state index in [0.29, 0.717) is 18.6 Å². The second kappa shape index (κ2) is 11.0. The summed E-state index contributed by atoms with van der Waals surface area (Å²) in [7, 11) is -3.83. The van der Waals surface area contributed by atoms with Gasteiger partial charge in [0.2, 0.25) is 15.9 Å². The molecule has 0 radical (unpaired) electrons. The first-order valence-electron chi connectivity index (χ1n) is 11.7. The quantitative estimate of drug-likeness (QED) is 0.434. The molecule has 1 aliphatic carbocycles. The van der Waals surface area contributed by atoms with Gasteiger partial charge in [-0.3, -0.25) is 4.79 Å². The second-order valence-electron chi connectivity index (χ2n) is 9.67. The van der Waals surface area contributed by atoms with Crippen LogP contribution in [0.1, 0.15) is 42.6 Å². The number of rotatable bonds is 7. The number of carbonyl (C=O) groups is 1. The molecule has 1 aromatic rings. The molecule has 1 aromatic carbocycles. The lowest BCUT2D eigenvalue weighted by Crippen LogP contribution is -2.65. The molecule has 1 amide bonds. The summed E-state index contributed by atoms with van der Waals surface area (Å²) in [5.74, 6) is -1.26. The van der Waals surface area contributed by atoms with Gasteiger partial charge in [0.05, 0.1) is 30.1 Å². The fourth-order valence-electron chi connectivity index (χ4n) is 4.76. The fourth-order valence-corrected chi connectivity index (χ4v) is 5.75. The molecule has 7 nitrogen and oxygen atoms in total. The second-order valence-corrected chi connectivity index (χ2v) is 11.4. The van der Waals surface area contributed by atoms with Gasteiger partial charge in [-0.25, -0.2) is 8.42 Å². The van der Waals surface area contributed by atoms with Crippen LogP contribution in [0.25, 0.3) is 0 Å². The predicted octanol–water partition coefficient (Wildman–Crippen LogP) is 3.69. The predicted molar refractivity (Wildman–Crippen MR) is 127 cm³/mol. The number of amides is 1. The lowest BCUT2D eigenvalue weighted by molar-refractivity contribution is -0.143. The molecule has 3 rings (SSSR count). The lowest BCUT2D eigenvalue weighted by atomic mass is 9.75. The van der Waals surface area contributed by atoms with E-state index in [1.54, 1.807) is 12.2 Å². The molecule has 2 unspecified atom stereocenters. The maximum Gasteiger partial charge on any atom is 0.416 e. The molecule has 0 aromatic heterocycles. The maximum absolute atomic E-state index is 13.3. The van der Waals surface area contributed by atoms with Crippen molar-refractivity contribution in [2.75, 3.05) is 19.4 Å². The molecule has 1 heterocycles. The number of allylic oxidation sites excluding steroid dienone is 3. The zero-order chi connectivity index (χ0) is 28.5. The highest BCUT2D eigenvalue weighted by atomic mass is 32.2. The summed E-state index contributed by atoms with van der Waals surface area (Å²) in [5.41, 5.74) is 0.753. The van der Waals surface area contributed by atoms with Crippen LogP contribution in [0.3, 0.4) is 0 Å². The first kappa shape index (κ1) is 30.1. The summed E-state index contributed by atoms with van der Waals surface area (Å²) in [6, 6.07) is 0.711. The van der Waals surface area contributed by atoms with Crippen molar-refractivity contribution in [1.29, 1.82) is 0 Å². The lowest BCUT2D eigenvalue weighted by Gasteiger charge is -2.41. The van der Waals surface area contributed by atoms with E-state index in [2.05, 4.69) is 10.0 Å². The van der Waals surface area contributed by atoms with Crippen LogP contribution in [-0.2, 0) is 31.9 Å². The Kier molecular flexibility index (Phi) is 8.71. The van der Waals surface area contributed by atoms with Crippen molar-refractivity contribution >= 4 is 15.9 Å². The van der Waals surface area contributed by atoms with Gasteiger partial charge in [-0.15, -0.1) is 0 Å². The summed E-state index contributed by atoms with van der Waals surface area (Å²) in [6.45, 7) is 0.984. The third-order valence-corrected chi connectivity index (χ3v) is 7.55. The monoisotopic (exact) mass is 569 g/mol. The van der Waals surface area contributed by atoms with Gasteiger partial charge in [0.1, 0.15) is 5.54 Å². The number of nitrogens with one attached hydrogen (secondary N) is 2. The topological polar surface area (TPSA) is 111 Å². The van der Waals surface area contributed by atoms with Crippen LogP contribution < -0.4 is 15.8 Å². The number of sulfonamides is 1. The summed E-state index contributed by atoms with van der Waals surface area (Å²) in [5, 5.41) is 3.10. The van der Waals surface area contributed by atoms with E-state index >= 15 is 0 Å². The van der Waals surface area contributed by atoms with Crippen LogP contribution in [0.5, 0.6) is 0 Å². The Morgan fingerprint density at radius 1 is 1.13 bits per heavy atom. The molecule has 38 heavy (non-hydrogen) atoms. The number of ether oxygens (including phenoxy) is 1. The van der Waals surface area contributed by atoms with E-state index in [1.807, 2.05) is 12.2 Å². The van der Waals surface area contributed by atoms with Crippen LogP contribution in [0.15, 0.2) is 42.5 Å². The molecule has 0 spiro atoms. The van der Waals surface area contributed by atoms with E-state index in [1.165, 1.54) is 6.92 Å². The molecule has 14 heteroatoms. The highest BCUT2D eigenvalue weighted by Gasteiger charge is 2.44. The summed E-state index contributed by atoms with van der Waals surface area (Å²) >= 11 is 0. The average Bonchev–Trinajstić information content (AvgIpc) is 2.79. The van der Waals surface area contributed by atoms with Gasteiger partial charge in [-0.05, 0) is 49.4 Å². The number of hydrogen-bond acceptors (Lipinski definition) is 5. The van der Waals surface area contributed by atoms with E-state index in [0.717, 1.165) is 6.26 Å². The zero-order valence-electron chi connectivity index (χ0n) is 20.6. The van der Waals surface area contributed by atoms with E-state index < -0.39 is 57.1 Å². The first-order valence-corrected chi connectivity index (χ1v) is 13.6. The van der Waals surface area contributed by atoms with Gasteiger partial charge in [-0.1, -0.05) is 24.3 Å². The van der Waals surface area contributed by atoms with Crippen LogP contribution in [0, 0.1) is 11.8 Å². The minimum atomic E-state index is -4.99. The number of halogens is 6. The van der Waals surface area contributed by atoms with Crippen molar-refractivity contribution in [1.82, 2.24) is 10.0 Å². The molecule has 2 aliphatic rings. The summed E-state index contributed by atoms with van der Waals surface area (Å²) in [6.07, 6.45) is -2.41. The van der Waals surface area contributed by atoms with Gasteiger partial charge in [0, 0.05) is 18.5 Å². The Bertz CT molecular complexity index is 1170. The number of hydrogen-bond donors (Lipinski definition) is 3. The smallest absolute Gasteiger partial charge is 0.372 e. The minimum Gasteiger partial charge on any atom is -0.372 e. The Morgan fingerprint density at radius 2 is 1.71 bits per heavy atom. The highest BCUT2D eigenvalue weighted by molar-refractivity contribution is 7.88. The van der Waals surface area contributed by atoms with E-state index in [-0.39, 0.29) is 43.0 Å². The SMILES string of the molecule is C[C@@H](OC[C@H]1NC[C@](NS(C)(=O)=O)(C(N)=O)CCC2C=CC=CC21)c1cc(C(F)(F)F)cc(C(F)(F)F)c1. The highest BCUT2D eigenvalue weighted by Crippen LogP contribution is 2.38. The van der Waals surface area contributed by atoms with Crippen molar-refractivity contribution in [3.8, 4) is 0 Å². The Labute approximate surface area is 216 Å². The Hall–Kier alpha value is -2.42. The summed E-state index contributed by atoms with van der Waals surface area (Å²) < 4.78 is 112. The molecule has 5 atom stereocenters. The molecule has 0 bridgehead atoms. The van der Waals surface area contributed by atoms with Gasteiger partial charge in [0.25, 0.3) is 0 Å². The van der Waals surface area contributed by atoms with Crippen LogP contribution in [-0.4, -0.2) is 45.3 Å². The van der Waals surface area contributed by atoms with Crippen LogP contribution in [0.2, 0.25) is 0 Å². The normalized spacial score (nSPS) is 27.3. The van der Waals surface area contributed by atoms with Crippen molar-refractivity contribution in [3.05, 3.63) is 59.2 Å². The number of alkyl halides is 6. The number of fused-ring (bicyclic) bond motifs is 1. The summed E-state index contributed by atoms with van der Waals surface area (Å²) in [4.78, 5) is 12.4. The van der Waals surface area contributed by atoms with E-state index in [9.17, 15) is 39.6 Å². The number of carbonyl (C=O) groups excluding carboxylic acids is 1. The van der Waals surface area contributed by atoms with Crippen molar-refractivity contribution in [2.45, 2.75) is 49.8 Å². The van der Waals surface area contributed by atoms with Gasteiger partial charge < -0.3 is 15.8 Å². The third kappa shape index (κ3) is 7.36. The van der Waals surface area contributed by atoms with Crippen LogP contribution in [0.4, 0.5) is 26.3 Å². The number of benzene rings is 1. The van der Waals surface area contributed by atoms with Gasteiger partial charge in [-0.2, -0.15) is 31.1 Å². The molecule has 212 valence electrons. The molecular weight excluding hydrogens is 540 g/mol. The van der Waals surface area contributed by atoms with Crippen LogP contribution >= 0.6 is 0 Å². The molecule has 1 saturated heterocycles. The van der Waals surface area contributed by atoms with Crippen molar-refractivity contribution in [3.63, 3.8) is 0 Å². The van der Waals surface area contributed by atoms with Gasteiger partial charge in [0.15, 0.2) is 0 Å². The maximum atomic E-state index is 13.3. The molecule has 1 aliphatic heterocycles. The van der Waals surface area contributed by atoms with Crippen molar-refractivity contribution < 1.29 is 44.3 Å². The Morgan fingerprint density at radius 3 is 2.24 bits per heavy atom. The van der Waals surface area contributed by atoms with Crippen molar-refractivity contribution in [2.24, 2.45) is 17.6 Å². The first-order chi connectivity index (χ1) is 17.4. The average molecular weight is 570 g/mol.